The Morgan fingerprint density at radius 3 is 1.21 bits per heavy atom. The summed E-state index contributed by atoms with van der Waals surface area (Å²) in [4.78, 5) is 0. The van der Waals surface area contributed by atoms with E-state index in [0.717, 1.165) is 0 Å². The van der Waals surface area contributed by atoms with Crippen molar-refractivity contribution in [2.24, 2.45) is 0 Å². The molecule has 0 amide bonds. The van der Waals surface area contributed by atoms with Crippen LogP contribution in [0.25, 0.3) is 0 Å². The van der Waals surface area contributed by atoms with Crippen molar-refractivity contribution in [3.8, 4) is 0 Å². The topological polar surface area (TPSA) is 0 Å². The zero-order valence-corrected chi connectivity index (χ0v) is 9.94. The van der Waals surface area contributed by atoms with Gasteiger partial charge < -0.3 is 30.3 Å². The summed E-state index contributed by atoms with van der Waals surface area (Å²) in [6.07, 6.45) is 1.25. The summed E-state index contributed by atoms with van der Waals surface area (Å²) in [5.74, 6) is 0. The van der Waals surface area contributed by atoms with Gasteiger partial charge in [0.2, 0.25) is 0 Å². The first-order valence-corrected chi connectivity index (χ1v) is 4.75. The zero-order chi connectivity index (χ0) is 9.78. The molecule has 2 aromatic carbocycles. The SMILES string of the molecule is CCC.[Fe].[cH-]1[cH-][cH-][cH-][cH-]1.c1cc[cH-]c1. The molecule has 0 spiro atoms. The molecule has 0 unspecified atom stereocenters. The quantitative estimate of drug-likeness (QED) is 0.469. The van der Waals surface area contributed by atoms with Gasteiger partial charge in [-0.05, 0) is 0 Å². The molecular formula is C13H18Fe-6. The maximum absolute atomic E-state index is 2.12. The number of rotatable bonds is 0. The van der Waals surface area contributed by atoms with Crippen LogP contribution >= 0.6 is 0 Å². The molecule has 2 rings (SSSR count). The summed E-state index contributed by atoms with van der Waals surface area (Å²) in [6.45, 7) is 4.25. The van der Waals surface area contributed by atoms with Gasteiger partial charge in [0.05, 0.1) is 0 Å². The molecule has 0 aliphatic heterocycles. The van der Waals surface area contributed by atoms with Gasteiger partial charge in [0.25, 0.3) is 0 Å². The maximum Gasteiger partial charge on any atom is 0 e. The standard InChI is InChI=1S/2C5H5.C3H8.Fe/c2*1-2-4-5-3-1;1-3-2;/h2*1-5H;3H2,1-2H3;/q-5;-1;;. The van der Waals surface area contributed by atoms with E-state index in [1.54, 1.807) is 0 Å². The fourth-order valence-electron chi connectivity index (χ4n) is 0.642. The van der Waals surface area contributed by atoms with E-state index in [1.807, 2.05) is 60.7 Å². The van der Waals surface area contributed by atoms with Gasteiger partial charge in [0, 0.05) is 17.1 Å². The van der Waals surface area contributed by atoms with Crippen LogP contribution in [0, 0.1) is 0 Å². The summed E-state index contributed by atoms with van der Waals surface area (Å²) in [7, 11) is 0. The molecule has 0 aromatic heterocycles. The van der Waals surface area contributed by atoms with Crippen LogP contribution in [-0.2, 0) is 17.1 Å². The minimum Gasteiger partial charge on any atom is -0.748 e. The Hall–Kier alpha value is -0.781. The molecule has 0 bridgehead atoms. The average Bonchev–Trinajstić information content (AvgIpc) is 2.85. The second-order valence-electron chi connectivity index (χ2n) is 2.63. The van der Waals surface area contributed by atoms with Gasteiger partial charge in [-0.1, -0.05) is 20.3 Å². The van der Waals surface area contributed by atoms with Gasteiger partial charge in [-0.3, -0.25) is 0 Å². The van der Waals surface area contributed by atoms with Crippen LogP contribution in [0.15, 0.2) is 60.7 Å². The van der Waals surface area contributed by atoms with Crippen molar-refractivity contribution in [1.82, 2.24) is 0 Å². The van der Waals surface area contributed by atoms with Crippen molar-refractivity contribution in [2.45, 2.75) is 20.3 Å². The molecule has 0 aliphatic carbocycles. The van der Waals surface area contributed by atoms with Crippen LogP contribution in [0.1, 0.15) is 20.3 Å². The molecule has 2 aromatic rings. The second kappa shape index (κ2) is 14.7. The molecule has 0 aliphatic rings. The van der Waals surface area contributed by atoms with Crippen LogP contribution in [-0.4, -0.2) is 0 Å². The molecule has 0 heterocycles. The summed E-state index contributed by atoms with van der Waals surface area (Å²) in [5.41, 5.74) is 0. The van der Waals surface area contributed by atoms with Gasteiger partial charge in [0.15, 0.2) is 0 Å². The van der Waals surface area contributed by atoms with E-state index in [-0.39, 0.29) is 17.1 Å². The van der Waals surface area contributed by atoms with Crippen LogP contribution < -0.4 is 0 Å². The first kappa shape index (κ1) is 15.7. The summed E-state index contributed by atoms with van der Waals surface area (Å²) in [5, 5.41) is 0. The third-order valence-electron chi connectivity index (χ3n) is 1.11. The fraction of sp³-hybridized carbons (Fsp3) is 0.231. The largest absolute Gasteiger partial charge is 0.748 e. The Morgan fingerprint density at radius 2 is 1.07 bits per heavy atom. The van der Waals surface area contributed by atoms with E-state index >= 15 is 0 Å². The Labute approximate surface area is 98.2 Å². The normalized spacial score (nSPS) is 7.00. The molecule has 0 atom stereocenters. The number of hydrogen-bond acceptors (Lipinski definition) is 0. The minimum atomic E-state index is 0. The number of hydrogen-bond donors (Lipinski definition) is 0. The van der Waals surface area contributed by atoms with Crippen molar-refractivity contribution in [2.75, 3.05) is 0 Å². The smallest absolute Gasteiger partial charge is 0 e. The third-order valence-corrected chi connectivity index (χ3v) is 1.11. The Morgan fingerprint density at radius 1 is 0.786 bits per heavy atom. The molecule has 0 fully saturated rings. The molecule has 1 heteroatoms. The van der Waals surface area contributed by atoms with E-state index in [0.29, 0.717) is 0 Å². The van der Waals surface area contributed by atoms with Crippen molar-refractivity contribution in [3.63, 3.8) is 0 Å². The van der Waals surface area contributed by atoms with Gasteiger partial charge in [-0.25, -0.2) is 12.1 Å². The van der Waals surface area contributed by atoms with Crippen molar-refractivity contribution in [1.29, 1.82) is 0 Å². The predicted molar refractivity (Wildman–Crippen MR) is 60.0 cm³/mol. The van der Waals surface area contributed by atoms with Gasteiger partial charge >= 0.3 is 0 Å². The molecular weight excluding hydrogens is 212 g/mol. The monoisotopic (exact) mass is 230 g/mol. The first-order chi connectivity index (χ1) is 6.41. The van der Waals surface area contributed by atoms with Gasteiger partial charge in [-0.15, -0.1) is 0 Å². The molecule has 14 heavy (non-hydrogen) atoms. The molecule has 0 saturated heterocycles. The van der Waals surface area contributed by atoms with Gasteiger partial charge in [0.1, 0.15) is 0 Å². The fourth-order valence-corrected chi connectivity index (χ4v) is 0.642. The van der Waals surface area contributed by atoms with E-state index < -0.39 is 0 Å². The second-order valence-corrected chi connectivity index (χ2v) is 2.63. The zero-order valence-electron chi connectivity index (χ0n) is 8.83. The molecule has 84 valence electrons. The van der Waals surface area contributed by atoms with E-state index in [4.69, 9.17) is 0 Å². The molecule has 0 saturated carbocycles. The predicted octanol–water partition coefficient (Wildman–Crippen LogP) is 4.22. The summed E-state index contributed by atoms with van der Waals surface area (Å²) in [6, 6.07) is 20.0. The molecule has 0 radical (unpaired) electrons. The summed E-state index contributed by atoms with van der Waals surface area (Å²) >= 11 is 0. The first-order valence-electron chi connectivity index (χ1n) is 4.75. The van der Waals surface area contributed by atoms with Crippen LogP contribution in [0.3, 0.4) is 0 Å². The van der Waals surface area contributed by atoms with Crippen LogP contribution in [0.5, 0.6) is 0 Å². The van der Waals surface area contributed by atoms with E-state index in [1.165, 1.54) is 6.42 Å². The maximum atomic E-state index is 2.12. The van der Waals surface area contributed by atoms with Crippen molar-refractivity contribution < 1.29 is 17.1 Å². The minimum absolute atomic E-state index is 0. The Balaban J connectivity index is 0. The van der Waals surface area contributed by atoms with Gasteiger partial charge in [-0.2, -0.15) is 18.2 Å². The van der Waals surface area contributed by atoms with Crippen molar-refractivity contribution >= 4 is 0 Å². The van der Waals surface area contributed by atoms with E-state index in [9.17, 15) is 0 Å². The average molecular weight is 230 g/mol. The summed E-state index contributed by atoms with van der Waals surface area (Å²) < 4.78 is 0. The third kappa shape index (κ3) is 13.8. The van der Waals surface area contributed by atoms with Crippen LogP contribution in [0.2, 0.25) is 0 Å². The molecule has 0 N–H and O–H groups in total. The van der Waals surface area contributed by atoms with Crippen LogP contribution in [0.4, 0.5) is 0 Å². The Bertz CT molecular complexity index is 157. The van der Waals surface area contributed by atoms with Crippen molar-refractivity contribution in [3.05, 3.63) is 60.7 Å². The van der Waals surface area contributed by atoms with E-state index in [2.05, 4.69) is 13.8 Å². The molecule has 0 nitrogen and oxygen atoms in total. The Kier molecular flexibility index (Phi) is 16.5.